The van der Waals surface area contributed by atoms with Gasteiger partial charge in [0, 0.05) is 16.9 Å². The van der Waals surface area contributed by atoms with Gasteiger partial charge in [-0.25, -0.2) is 4.39 Å². The molecule has 0 N–H and O–H groups in total. The summed E-state index contributed by atoms with van der Waals surface area (Å²) in [5, 5.41) is 0.730. The van der Waals surface area contributed by atoms with Crippen molar-refractivity contribution in [2.45, 2.75) is 13.8 Å². The molecular formula is C19H16ClFN2. The van der Waals surface area contributed by atoms with Crippen molar-refractivity contribution in [3.8, 4) is 5.69 Å². The van der Waals surface area contributed by atoms with Crippen LogP contribution in [0.2, 0.25) is 5.02 Å². The molecule has 0 radical (unpaired) electrons. The molecule has 1 heterocycles. The molecule has 3 aromatic rings. The molecule has 0 bridgehead atoms. The van der Waals surface area contributed by atoms with Crippen molar-refractivity contribution in [1.82, 2.24) is 4.57 Å². The van der Waals surface area contributed by atoms with Gasteiger partial charge in [-0.05, 0) is 67.4 Å². The molecule has 0 fully saturated rings. The molecule has 0 aliphatic carbocycles. The minimum absolute atomic E-state index is 0.221. The number of nitrogens with zero attached hydrogens (tertiary/aromatic N) is 2. The zero-order valence-corrected chi connectivity index (χ0v) is 13.7. The fourth-order valence-electron chi connectivity index (χ4n) is 2.32. The maximum atomic E-state index is 13.3. The second-order valence-corrected chi connectivity index (χ2v) is 5.84. The molecule has 0 atom stereocenters. The number of hydrogen-bond acceptors (Lipinski definition) is 1. The average molecular weight is 327 g/mol. The van der Waals surface area contributed by atoms with E-state index in [1.807, 2.05) is 48.0 Å². The fourth-order valence-corrected chi connectivity index (χ4v) is 2.49. The van der Waals surface area contributed by atoms with Gasteiger partial charge in [-0.3, -0.25) is 4.99 Å². The Labute approximate surface area is 139 Å². The third-order valence-corrected chi connectivity index (χ3v) is 4.11. The van der Waals surface area contributed by atoms with E-state index < -0.39 is 0 Å². The molecule has 0 spiro atoms. The molecule has 2 aromatic carbocycles. The Morgan fingerprint density at radius 2 is 1.87 bits per heavy atom. The molecule has 0 aliphatic heterocycles. The summed E-state index contributed by atoms with van der Waals surface area (Å²) < 4.78 is 15.3. The molecule has 0 aliphatic rings. The first kappa shape index (κ1) is 15.5. The summed E-state index contributed by atoms with van der Waals surface area (Å²) in [6.07, 6.45) is 3.72. The lowest BCUT2D eigenvalue weighted by molar-refractivity contribution is 0.618. The van der Waals surface area contributed by atoms with E-state index in [0.717, 1.165) is 27.7 Å². The van der Waals surface area contributed by atoms with Gasteiger partial charge >= 0.3 is 0 Å². The van der Waals surface area contributed by atoms with E-state index in [2.05, 4.69) is 4.99 Å². The molecule has 116 valence electrons. The van der Waals surface area contributed by atoms with Gasteiger partial charge < -0.3 is 4.57 Å². The number of aromatic nitrogens is 1. The highest BCUT2D eigenvalue weighted by molar-refractivity contribution is 6.31. The maximum Gasteiger partial charge on any atom is 0.126 e. The number of rotatable bonds is 3. The topological polar surface area (TPSA) is 17.3 Å². The lowest BCUT2D eigenvalue weighted by atomic mass is 10.2. The summed E-state index contributed by atoms with van der Waals surface area (Å²) in [4.78, 5) is 4.43. The number of halogens is 2. The average Bonchev–Trinajstić information content (AvgIpc) is 3.00. The van der Waals surface area contributed by atoms with Crippen LogP contribution < -0.4 is 0 Å². The van der Waals surface area contributed by atoms with Crippen LogP contribution in [0.15, 0.2) is 59.7 Å². The van der Waals surface area contributed by atoms with Gasteiger partial charge in [0.05, 0.1) is 17.6 Å². The minimum Gasteiger partial charge on any atom is -0.316 e. The van der Waals surface area contributed by atoms with E-state index in [1.54, 1.807) is 25.3 Å². The van der Waals surface area contributed by atoms with Crippen molar-refractivity contribution < 1.29 is 4.39 Å². The van der Waals surface area contributed by atoms with Gasteiger partial charge in [-0.15, -0.1) is 0 Å². The van der Waals surface area contributed by atoms with Crippen molar-refractivity contribution >= 4 is 23.5 Å². The van der Waals surface area contributed by atoms with Crippen molar-refractivity contribution in [3.05, 3.63) is 82.4 Å². The number of hydrogen-bond donors (Lipinski definition) is 0. The molecule has 4 heteroatoms. The minimum atomic E-state index is -0.221. The summed E-state index contributed by atoms with van der Waals surface area (Å²) in [6, 6.07) is 14.7. The van der Waals surface area contributed by atoms with Crippen molar-refractivity contribution in [3.63, 3.8) is 0 Å². The van der Waals surface area contributed by atoms with Crippen LogP contribution in [0.3, 0.4) is 0 Å². The molecule has 23 heavy (non-hydrogen) atoms. The fraction of sp³-hybridized carbons (Fsp3) is 0.105. The molecule has 2 nitrogen and oxygen atoms in total. The van der Waals surface area contributed by atoms with Crippen molar-refractivity contribution in [2.24, 2.45) is 4.99 Å². The quantitative estimate of drug-likeness (QED) is 0.554. The van der Waals surface area contributed by atoms with Gasteiger partial charge in [-0.1, -0.05) is 17.7 Å². The largest absolute Gasteiger partial charge is 0.316 e. The number of aliphatic imine (C=N–C) groups is 1. The molecule has 1 aromatic heterocycles. The molecule has 0 amide bonds. The van der Waals surface area contributed by atoms with Gasteiger partial charge in [-0.2, -0.15) is 0 Å². The second-order valence-electron chi connectivity index (χ2n) is 5.43. The third-order valence-electron chi connectivity index (χ3n) is 3.70. The lowest BCUT2D eigenvalue weighted by Gasteiger charge is -2.08. The van der Waals surface area contributed by atoms with Gasteiger partial charge in [0.2, 0.25) is 0 Å². The zero-order chi connectivity index (χ0) is 16.4. The highest BCUT2D eigenvalue weighted by Crippen LogP contribution is 2.21. The summed E-state index contributed by atoms with van der Waals surface area (Å²) in [5.74, 6) is -0.221. The molecule has 3 rings (SSSR count). The van der Waals surface area contributed by atoms with E-state index in [1.165, 1.54) is 6.07 Å². The highest BCUT2D eigenvalue weighted by Gasteiger charge is 2.04. The maximum absolute atomic E-state index is 13.3. The number of benzene rings is 2. The van der Waals surface area contributed by atoms with Crippen LogP contribution in [0.5, 0.6) is 0 Å². The van der Waals surface area contributed by atoms with Crippen LogP contribution in [-0.4, -0.2) is 10.8 Å². The van der Waals surface area contributed by atoms with Gasteiger partial charge in [0.15, 0.2) is 0 Å². The van der Waals surface area contributed by atoms with Crippen LogP contribution in [0.1, 0.15) is 16.8 Å². The summed E-state index contributed by atoms with van der Waals surface area (Å²) in [6.45, 7) is 3.70. The Kier molecular flexibility index (Phi) is 4.30. The van der Waals surface area contributed by atoms with Gasteiger partial charge in [0.25, 0.3) is 0 Å². The Balaban J connectivity index is 1.92. The van der Waals surface area contributed by atoms with Crippen LogP contribution >= 0.6 is 11.6 Å². The standard InChI is InChI=1S/C19H16ClFN2/c1-13-5-7-16(11-18(13)20)23-9-3-4-17(23)12-22-15-6-8-19(21)14(2)10-15/h3-12H,1-2H3. The van der Waals surface area contributed by atoms with E-state index in [4.69, 9.17) is 11.6 Å². The normalized spacial score (nSPS) is 11.3. The molecule has 0 saturated heterocycles. The van der Waals surface area contributed by atoms with Crippen LogP contribution in [0.4, 0.5) is 10.1 Å². The molecule has 0 unspecified atom stereocenters. The van der Waals surface area contributed by atoms with Crippen molar-refractivity contribution in [1.29, 1.82) is 0 Å². The summed E-state index contributed by atoms with van der Waals surface area (Å²) >= 11 is 6.21. The Morgan fingerprint density at radius 1 is 1.04 bits per heavy atom. The van der Waals surface area contributed by atoms with Crippen LogP contribution in [-0.2, 0) is 0 Å². The third kappa shape index (κ3) is 3.35. The van der Waals surface area contributed by atoms with E-state index in [0.29, 0.717) is 5.56 Å². The van der Waals surface area contributed by atoms with E-state index in [-0.39, 0.29) is 5.82 Å². The lowest BCUT2D eigenvalue weighted by Crippen LogP contribution is -1.98. The Bertz CT molecular complexity index is 881. The molecule has 0 saturated carbocycles. The van der Waals surface area contributed by atoms with Crippen molar-refractivity contribution in [2.75, 3.05) is 0 Å². The highest BCUT2D eigenvalue weighted by atomic mass is 35.5. The predicted molar refractivity (Wildman–Crippen MR) is 93.9 cm³/mol. The number of aryl methyl sites for hydroxylation is 2. The predicted octanol–water partition coefficient (Wildman–Crippen LogP) is 5.64. The first-order chi connectivity index (χ1) is 11.0. The molecular weight excluding hydrogens is 311 g/mol. The first-order valence-corrected chi connectivity index (χ1v) is 7.66. The monoisotopic (exact) mass is 326 g/mol. The summed E-state index contributed by atoms with van der Waals surface area (Å²) in [7, 11) is 0. The Morgan fingerprint density at radius 3 is 2.61 bits per heavy atom. The van der Waals surface area contributed by atoms with E-state index in [9.17, 15) is 4.39 Å². The smallest absolute Gasteiger partial charge is 0.126 e. The SMILES string of the molecule is Cc1cc(N=Cc2cccn2-c2ccc(C)c(Cl)c2)ccc1F. The summed E-state index contributed by atoms with van der Waals surface area (Å²) in [5.41, 5.74) is 4.24. The van der Waals surface area contributed by atoms with Crippen LogP contribution in [0.25, 0.3) is 5.69 Å². The second kappa shape index (κ2) is 6.39. The van der Waals surface area contributed by atoms with Gasteiger partial charge in [0.1, 0.15) is 5.82 Å². The van der Waals surface area contributed by atoms with E-state index >= 15 is 0 Å². The van der Waals surface area contributed by atoms with Crippen LogP contribution in [0, 0.1) is 19.7 Å². The first-order valence-electron chi connectivity index (χ1n) is 7.29. The zero-order valence-electron chi connectivity index (χ0n) is 12.9. The Hall–Kier alpha value is -2.39.